The Morgan fingerprint density at radius 3 is 2.43 bits per heavy atom. The van der Waals surface area contributed by atoms with Gasteiger partial charge >= 0.3 is 6.18 Å². The molecule has 3 aromatic rings. The van der Waals surface area contributed by atoms with Crippen LogP contribution in [0.2, 0.25) is 0 Å². The van der Waals surface area contributed by atoms with Crippen LogP contribution in [-0.2, 0) is 27.2 Å². The lowest BCUT2D eigenvalue weighted by atomic mass is 9.97. The second-order valence-electron chi connectivity index (χ2n) is 13.3. The van der Waals surface area contributed by atoms with E-state index in [1.807, 2.05) is 4.90 Å². The molecule has 14 heteroatoms. The summed E-state index contributed by atoms with van der Waals surface area (Å²) < 4.78 is 40.5. The number of carbonyl (C=O) groups is 4. The molecule has 2 fully saturated rings. The first kappa shape index (κ1) is 38.3. The molecule has 2 aliphatic heterocycles. The van der Waals surface area contributed by atoms with Crippen molar-refractivity contribution in [2.45, 2.75) is 51.1 Å². The number of allylic oxidation sites excluding steroid dienone is 1. The van der Waals surface area contributed by atoms with Crippen LogP contribution < -0.4 is 20.9 Å². The molecule has 1 atom stereocenters. The van der Waals surface area contributed by atoms with Gasteiger partial charge in [0.25, 0.3) is 5.91 Å². The minimum absolute atomic E-state index is 0.0754. The van der Waals surface area contributed by atoms with Crippen LogP contribution in [0.1, 0.15) is 48.2 Å². The van der Waals surface area contributed by atoms with Gasteiger partial charge < -0.3 is 30.9 Å². The average Bonchev–Trinajstić information content (AvgIpc) is 3.11. The fourth-order valence-corrected chi connectivity index (χ4v) is 5.85. The van der Waals surface area contributed by atoms with Gasteiger partial charge in [-0.2, -0.15) is 13.2 Å². The standard InChI is InChI=1S/C39H39F3N6O5/c1-38(2,37(53)45-32-14-12-28(39(40,41)42)17-30(32)26-7-5-4-6-8-26)44-20-24(19-43)9-10-25-21-48(22-25)29-13-11-27(23-49)31(18-29)36(52)47(3)33-15-16-34(50)46-35(33)51/h4-8,11-14,17-20,25,33,43-44,49H,15-16,21-23H2,1-3H3,(H,45,53)(H,46,50,51)/b24-20-,43-19?. The van der Waals surface area contributed by atoms with Crippen LogP contribution in [0.4, 0.5) is 24.5 Å². The number of hydrogen-bond acceptors (Lipinski definition) is 8. The van der Waals surface area contributed by atoms with Crippen molar-refractivity contribution < 1.29 is 37.5 Å². The van der Waals surface area contributed by atoms with Gasteiger partial charge in [-0.3, -0.25) is 24.5 Å². The first-order valence-electron chi connectivity index (χ1n) is 16.8. The second kappa shape index (κ2) is 15.7. The predicted octanol–water partition coefficient (Wildman–Crippen LogP) is 4.72. The Labute approximate surface area is 304 Å². The fourth-order valence-electron chi connectivity index (χ4n) is 5.85. The van der Waals surface area contributed by atoms with Gasteiger partial charge in [0.1, 0.15) is 11.6 Å². The number of likely N-dealkylation sites (N-methyl/N-ethyl adjacent to an activating group) is 1. The summed E-state index contributed by atoms with van der Waals surface area (Å²) in [7, 11) is 1.49. The third-order valence-electron chi connectivity index (χ3n) is 9.15. The lowest BCUT2D eigenvalue weighted by Gasteiger charge is -2.39. The molecule has 276 valence electrons. The quantitative estimate of drug-likeness (QED) is 0.115. The highest BCUT2D eigenvalue weighted by Crippen LogP contribution is 2.36. The number of imide groups is 1. The number of nitrogens with zero attached hydrogens (tertiary/aromatic N) is 2. The highest BCUT2D eigenvalue weighted by Gasteiger charge is 2.35. The maximum absolute atomic E-state index is 13.5. The average molecular weight is 729 g/mol. The zero-order valence-corrected chi connectivity index (χ0v) is 29.3. The number of alkyl halides is 3. The van der Waals surface area contributed by atoms with Crippen molar-refractivity contribution in [2.75, 3.05) is 30.4 Å². The van der Waals surface area contributed by atoms with Gasteiger partial charge in [0.05, 0.1) is 23.7 Å². The van der Waals surface area contributed by atoms with Gasteiger partial charge in [-0.05, 0) is 61.7 Å². The Morgan fingerprint density at radius 1 is 1.08 bits per heavy atom. The summed E-state index contributed by atoms with van der Waals surface area (Å²) in [6.07, 6.45) is -1.76. The van der Waals surface area contributed by atoms with E-state index in [9.17, 15) is 37.5 Å². The predicted molar refractivity (Wildman–Crippen MR) is 194 cm³/mol. The van der Waals surface area contributed by atoms with Gasteiger partial charge in [-0.15, -0.1) is 0 Å². The molecule has 2 aliphatic rings. The number of anilines is 2. The highest BCUT2D eigenvalue weighted by molar-refractivity contribution is 6.04. The SMILES string of the molecule is CN(C(=O)c1cc(N2CC(C#C/C(C=N)=C/NC(C)(C)C(=O)Nc3ccc(C(F)(F)F)cc3-c3ccccc3)C2)ccc1CO)C1CCC(=O)NC1=O. The Balaban J connectivity index is 1.22. The molecule has 5 rings (SSSR count). The number of nitrogens with one attached hydrogen (secondary N) is 4. The van der Waals surface area contributed by atoms with E-state index < -0.39 is 41.0 Å². The van der Waals surface area contributed by atoms with Crippen molar-refractivity contribution in [2.24, 2.45) is 5.92 Å². The molecule has 0 bridgehead atoms. The summed E-state index contributed by atoms with van der Waals surface area (Å²) in [5, 5.41) is 25.7. The van der Waals surface area contributed by atoms with E-state index in [2.05, 4.69) is 27.8 Å². The molecule has 0 saturated carbocycles. The molecule has 5 N–H and O–H groups in total. The van der Waals surface area contributed by atoms with Gasteiger partial charge in [-0.1, -0.05) is 48.2 Å². The number of aliphatic hydroxyl groups excluding tert-OH is 1. The monoisotopic (exact) mass is 728 g/mol. The van der Waals surface area contributed by atoms with Crippen molar-refractivity contribution in [1.82, 2.24) is 15.5 Å². The zero-order valence-electron chi connectivity index (χ0n) is 29.3. The van der Waals surface area contributed by atoms with Crippen molar-refractivity contribution in [3.05, 3.63) is 95.2 Å². The van der Waals surface area contributed by atoms with E-state index in [1.165, 1.54) is 24.2 Å². The van der Waals surface area contributed by atoms with Gasteiger partial charge in [0.2, 0.25) is 17.7 Å². The van der Waals surface area contributed by atoms with Crippen molar-refractivity contribution in [1.29, 1.82) is 5.41 Å². The van der Waals surface area contributed by atoms with Gasteiger partial charge in [-0.25, -0.2) is 0 Å². The number of rotatable bonds is 10. The number of hydrogen-bond donors (Lipinski definition) is 5. The van der Waals surface area contributed by atoms with E-state index in [0.29, 0.717) is 29.8 Å². The summed E-state index contributed by atoms with van der Waals surface area (Å²) in [5.74, 6) is 4.08. The molecule has 11 nitrogen and oxygen atoms in total. The lowest BCUT2D eigenvalue weighted by Crippen LogP contribution is -2.53. The van der Waals surface area contributed by atoms with Crippen molar-refractivity contribution in [3.8, 4) is 23.0 Å². The van der Waals surface area contributed by atoms with Crippen LogP contribution in [0.3, 0.4) is 0 Å². The Hall–Kier alpha value is -5.94. The van der Waals surface area contributed by atoms with E-state index in [4.69, 9.17) is 5.41 Å². The number of aliphatic hydroxyl groups is 1. The maximum atomic E-state index is 13.5. The Bertz CT molecular complexity index is 2010. The fraction of sp³-hybridized carbons (Fsp3) is 0.308. The van der Waals surface area contributed by atoms with Crippen LogP contribution >= 0.6 is 0 Å². The number of carbonyl (C=O) groups excluding carboxylic acids is 4. The van der Waals surface area contributed by atoms with Crippen LogP contribution in [0.5, 0.6) is 0 Å². The van der Waals surface area contributed by atoms with E-state index in [1.54, 1.807) is 62.4 Å². The summed E-state index contributed by atoms with van der Waals surface area (Å²) in [4.78, 5) is 53.9. The van der Waals surface area contributed by atoms with Crippen molar-refractivity contribution in [3.63, 3.8) is 0 Å². The second-order valence-corrected chi connectivity index (χ2v) is 13.3. The maximum Gasteiger partial charge on any atom is 0.416 e. The van der Waals surface area contributed by atoms with Crippen LogP contribution in [-0.4, -0.2) is 71.6 Å². The van der Waals surface area contributed by atoms with Gasteiger partial charge in [0, 0.05) is 61.5 Å². The zero-order chi connectivity index (χ0) is 38.5. The molecule has 53 heavy (non-hydrogen) atoms. The molecule has 0 spiro atoms. The van der Waals surface area contributed by atoms with Crippen molar-refractivity contribution >= 4 is 41.2 Å². The van der Waals surface area contributed by atoms with E-state index >= 15 is 0 Å². The lowest BCUT2D eigenvalue weighted by molar-refractivity contribution is -0.138. The van der Waals surface area contributed by atoms with Crippen LogP contribution in [0.25, 0.3) is 11.1 Å². The number of amides is 4. The third-order valence-corrected chi connectivity index (χ3v) is 9.15. The van der Waals surface area contributed by atoms with Crippen LogP contribution in [0, 0.1) is 23.2 Å². The summed E-state index contributed by atoms with van der Waals surface area (Å²) in [6.45, 7) is 3.84. The minimum atomic E-state index is -4.56. The minimum Gasteiger partial charge on any atom is -0.392 e. The molecule has 1 unspecified atom stereocenters. The highest BCUT2D eigenvalue weighted by atomic mass is 19.4. The molecular weight excluding hydrogens is 689 g/mol. The topological polar surface area (TPSA) is 155 Å². The van der Waals surface area contributed by atoms with E-state index in [-0.39, 0.29) is 48.1 Å². The summed E-state index contributed by atoms with van der Waals surface area (Å²) >= 11 is 0. The molecule has 3 aromatic carbocycles. The molecule has 2 saturated heterocycles. The first-order chi connectivity index (χ1) is 25.1. The molecule has 2 heterocycles. The molecular formula is C39H39F3N6O5. The molecule has 4 amide bonds. The Kier molecular flexibility index (Phi) is 11.4. The number of piperidine rings is 1. The van der Waals surface area contributed by atoms with E-state index in [0.717, 1.165) is 24.0 Å². The normalized spacial score (nSPS) is 16.5. The van der Waals surface area contributed by atoms with Crippen LogP contribution in [0.15, 0.2) is 78.5 Å². The largest absolute Gasteiger partial charge is 0.416 e. The molecule has 0 radical (unpaired) electrons. The summed E-state index contributed by atoms with van der Waals surface area (Å²) in [5.41, 5.74) is 0.495. The number of benzene rings is 3. The van der Waals surface area contributed by atoms with Gasteiger partial charge in [0.15, 0.2) is 0 Å². The smallest absolute Gasteiger partial charge is 0.392 e. The number of halogens is 3. The summed E-state index contributed by atoms with van der Waals surface area (Å²) in [6, 6.07) is 15.9. The molecule has 0 aromatic heterocycles. The Morgan fingerprint density at radius 2 is 1.79 bits per heavy atom. The third kappa shape index (κ3) is 8.93. The molecule has 0 aliphatic carbocycles. The first-order valence-corrected chi connectivity index (χ1v) is 16.8.